The minimum absolute atomic E-state index is 0.555. The van der Waals surface area contributed by atoms with Gasteiger partial charge < -0.3 is 9.51 Å². The smallest absolute Gasteiger partial charge is 0.324 e. The van der Waals surface area contributed by atoms with Gasteiger partial charge in [-0.1, -0.05) is 18.5 Å². The summed E-state index contributed by atoms with van der Waals surface area (Å²) in [7, 11) is 0. The fourth-order valence-electron chi connectivity index (χ4n) is 3.25. The largest absolute Gasteiger partial charge is 0.480 e. The molecule has 21 heavy (non-hydrogen) atoms. The molecule has 3 heterocycles. The Morgan fingerprint density at radius 1 is 1.48 bits per heavy atom. The van der Waals surface area contributed by atoms with E-state index in [4.69, 9.17) is 11.6 Å². The van der Waals surface area contributed by atoms with Gasteiger partial charge in [0.2, 0.25) is 0 Å². The number of carboxylic acids is 1. The van der Waals surface area contributed by atoms with E-state index >= 15 is 0 Å². The van der Waals surface area contributed by atoms with Crippen molar-refractivity contribution in [3.05, 3.63) is 35.2 Å². The Hall–Kier alpha value is -1.59. The molecule has 0 aliphatic carbocycles. The summed E-state index contributed by atoms with van der Waals surface area (Å²) in [6.07, 6.45) is 5.96. The number of aromatic nitrogens is 2. The number of pyridine rings is 1. The highest BCUT2D eigenvalue weighted by molar-refractivity contribution is 6.30. The van der Waals surface area contributed by atoms with E-state index < -0.39 is 11.5 Å². The van der Waals surface area contributed by atoms with Gasteiger partial charge in [-0.05, 0) is 37.9 Å². The first-order valence-electron chi connectivity index (χ1n) is 7.17. The number of hydrogen-bond acceptors (Lipinski definition) is 3. The molecule has 0 aromatic carbocycles. The molecule has 1 atom stereocenters. The van der Waals surface area contributed by atoms with Crippen LogP contribution in [-0.4, -0.2) is 37.4 Å². The first kappa shape index (κ1) is 14.4. The summed E-state index contributed by atoms with van der Waals surface area (Å²) >= 11 is 5.97. The standard InChI is InChI=1S/C15H18ClN3O2/c1-2-15(14(20)21)6-3-7-19(15)10-12-9-18-8-11(16)4-5-13(18)17-12/h4-5,8-9H,2-3,6-7,10H2,1H3,(H,20,21). The average molecular weight is 308 g/mol. The number of nitrogens with zero attached hydrogens (tertiary/aromatic N) is 3. The third-order valence-corrected chi connectivity index (χ3v) is 4.65. The molecule has 1 aliphatic rings. The van der Waals surface area contributed by atoms with Crippen LogP contribution in [0, 0.1) is 0 Å². The summed E-state index contributed by atoms with van der Waals surface area (Å²) in [6, 6.07) is 3.66. The van der Waals surface area contributed by atoms with Gasteiger partial charge in [0.1, 0.15) is 11.2 Å². The van der Waals surface area contributed by atoms with Crippen molar-refractivity contribution in [2.24, 2.45) is 0 Å². The zero-order chi connectivity index (χ0) is 15.0. The van der Waals surface area contributed by atoms with Crippen LogP contribution in [-0.2, 0) is 11.3 Å². The minimum atomic E-state index is -0.743. The van der Waals surface area contributed by atoms with Gasteiger partial charge in [-0.3, -0.25) is 9.69 Å². The Labute approximate surface area is 128 Å². The Kier molecular flexibility index (Phi) is 3.63. The molecule has 1 N–H and O–H groups in total. The van der Waals surface area contributed by atoms with E-state index in [0.717, 1.165) is 24.3 Å². The minimum Gasteiger partial charge on any atom is -0.480 e. The lowest BCUT2D eigenvalue weighted by Crippen LogP contribution is -2.49. The molecule has 2 aromatic heterocycles. The molecule has 112 valence electrons. The molecule has 6 heteroatoms. The normalized spacial score (nSPS) is 23.0. The number of carbonyl (C=O) groups is 1. The second kappa shape index (κ2) is 5.31. The molecule has 2 aromatic rings. The second-order valence-electron chi connectivity index (χ2n) is 5.56. The van der Waals surface area contributed by atoms with Crippen molar-refractivity contribution in [3.63, 3.8) is 0 Å². The maximum atomic E-state index is 11.7. The number of imidazole rings is 1. The van der Waals surface area contributed by atoms with Crippen LogP contribution in [0.2, 0.25) is 5.02 Å². The van der Waals surface area contributed by atoms with Gasteiger partial charge in [0.15, 0.2) is 0 Å². The molecule has 3 rings (SSSR count). The number of hydrogen-bond donors (Lipinski definition) is 1. The molecule has 0 amide bonds. The van der Waals surface area contributed by atoms with Crippen LogP contribution in [0.15, 0.2) is 24.5 Å². The van der Waals surface area contributed by atoms with Gasteiger partial charge in [0, 0.05) is 18.9 Å². The molecule has 1 saturated heterocycles. The predicted molar refractivity (Wildman–Crippen MR) is 80.5 cm³/mol. The number of carboxylic acid groups (broad SMARTS) is 1. The Morgan fingerprint density at radius 2 is 2.29 bits per heavy atom. The summed E-state index contributed by atoms with van der Waals surface area (Å²) in [5.41, 5.74) is 0.956. The van der Waals surface area contributed by atoms with Crippen molar-refractivity contribution in [2.75, 3.05) is 6.54 Å². The summed E-state index contributed by atoms with van der Waals surface area (Å²) in [4.78, 5) is 18.3. The average Bonchev–Trinajstić information content (AvgIpc) is 3.02. The van der Waals surface area contributed by atoms with Crippen LogP contribution < -0.4 is 0 Å². The molecule has 0 saturated carbocycles. The third-order valence-electron chi connectivity index (χ3n) is 4.42. The number of aliphatic carboxylic acids is 1. The van der Waals surface area contributed by atoms with Gasteiger partial charge in [-0.15, -0.1) is 0 Å². The number of fused-ring (bicyclic) bond motifs is 1. The fourth-order valence-corrected chi connectivity index (χ4v) is 3.42. The van der Waals surface area contributed by atoms with Gasteiger partial charge in [-0.25, -0.2) is 4.98 Å². The van der Waals surface area contributed by atoms with E-state index in [1.165, 1.54) is 0 Å². The first-order chi connectivity index (χ1) is 10.0. The molecular formula is C15H18ClN3O2. The van der Waals surface area contributed by atoms with Crippen LogP contribution in [0.25, 0.3) is 5.65 Å². The van der Waals surface area contributed by atoms with E-state index in [1.54, 1.807) is 6.07 Å². The zero-order valence-electron chi connectivity index (χ0n) is 11.9. The number of rotatable bonds is 4. The lowest BCUT2D eigenvalue weighted by atomic mass is 9.93. The van der Waals surface area contributed by atoms with Crippen molar-refractivity contribution in [1.82, 2.24) is 14.3 Å². The Bertz CT molecular complexity index is 685. The van der Waals surface area contributed by atoms with Crippen molar-refractivity contribution in [1.29, 1.82) is 0 Å². The number of halogens is 1. The highest BCUT2D eigenvalue weighted by atomic mass is 35.5. The number of likely N-dealkylation sites (tertiary alicyclic amines) is 1. The van der Waals surface area contributed by atoms with Crippen LogP contribution in [0.1, 0.15) is 31.9 Å². The SMILES string of the molecule is CCC1(C(=O)O)CCCN1Cc1cn2cc(Cl)ccc2n1. The molecule has 1 aliphatic heterocycles. The molecule has 1 fully saturated rings. The van der Waals surface area contributed by atoms with Crippen molar-refractivity contribution >= 4 is 23.2 Å². The van der Waals surface area contributed by atoms with Crippen LogP contribution in [0.5, 0.6) is 0 Å². The van der Waals surface area contributed by atoms with Gasteiger partial charge in [-0.2, -0.15) is 0 Å². The van der Waals surface area contributed by atoms with Gasteiger partial charge in [0.05, 0.1) is 10.7 Å². The topological polar surface area (TPSA) is 57.8 Å². The maximum absolute atomic E-state index is 11.7. The van der Waals surface area contributed by atoms with Gasteiger partial charge in [0.25, 0.3) is 0 Å². The van der Waals surface area contributed by atoms with Gasteiger partial charge >= 0.3 is 5.97 Å². The van der Waals surface area contributed by atoms with E-state index in [1.807, 2.05) is 34.7 Å². The predicted octanol–water partition coefficient (Wildman–Crippen LogP) is 2.82. The van der Waals surface area contributed by atoms with Crippen LogP contribution >= 0.6 is 11.6 Å². The van der Waals surface area contributed by atoms with Crippen LogP contribution in [0.3, 0.4) is 0 Å². The molecule has 0 bridgehead atoms. The van der Waals surface area contributed by atoms with E-state index in [2.05, 4.69) is 4.98 Å². The zero-order valence-corrected chi connectivity index (χ0v) is 12.7. The summed E-state index contributed by atoms with van der Waals surface area (Å²) in [6.45, 7) is 3.30. The van der Waals surface area contributed by atoms with E-state index in [0.29, 0.717) is 24.4 Å². The summed E-state index contributed by atoms with van der Waals surface area (Å²) in [5, 5.41) is 10.3. The fraction of sp³-hybridized carbons (Fsp3) is 0.467. The van der Waals surface area contributed by atoms with Crippen LogP contribution in [0.4, 0.5) is 0 Å². The van der Waals surface area contributed by atoms with E-state index in [9.17, 15) is 9.90 Å². The van der Waals surface area contributed by atoms with Crippen molar-refractivity contribution < 1.29 is 9.90 Å². The Morgan fingerprint density at radius 3 is 3.00 bits per heavy atom. The molecular weight excluding hydrogens is 290 g/mol. The molecule has 0 radical (unpaired) electrons. The third kappa shape index (κ3) is 2.40. The van der Waals surface area contributed by atoms with E-state index in [-0.39, 0.29) is 0 Å². The lowest BCUT2D eigenvalue weighted by Gasteiger charge is -2.33. The van der Waals surface area contributed by atoms with Crippen molar-refractivity contribution in [2.45, 2.75) is 38.3 Å². The monoisotopic (exact) mass is 307 g/mol. The molecule has 0 spiro atoms. The highest BCUT2D eigenvalue weighted by Crippen LogP contribution is 2.34. The highest BCUT2D eigenvalue weighted by Gasteiger charge is 2.46. The summed E-state index contributed by atoms with van der Waals surface area (Å²) < 4.78 is 1.88. The quantitative estimate of drug-likeness (QED) is 0.943. The Balaban J connectivity index is 1.89. The van der Waals surface area contributed by atoms with Crippen molar-refractivity contribution in [3.8, 4) is 0 Å². The first-order valence-corrected chi connectivity index (χ1v) is 7.54. The summed E-state index contributed by atoms with van der Waals surface area (Å²) in [5.74, 6) is -0.727. The molecule has 1 unspecified atom stereocenters. The maximum Gasteiger partial charge on any atom is 0.324 e. The molecule has 5 nitrogen and oxygen atoms in total. The lowest BCUT2D eigenvalue weighted by molar-refractivity contribution is -0.150. The second-order valence-corrected chi connectivity index (χ2v) is 6.00.